The monoisotopic (exact) mass is 193 g/mol. The van der Waals surface area contributed by atoms with Crippen LogP contribution >= 0.6 is 0 Å². The van der Waals surface area contributed by atoms with Crippen LogP contribution in [0.3, 0.4) is 0 Å². The van der Waals surface area contributed by atoms with Crippen molar-refractivity contribution in [2.75, 3.05) is 0 Å². The first-order valence-electron chi connectivity index (χ1n) is 4.92. The van der Waals surface area contributed by atoms with Gasteiger partial charge in [-0.2, -0.15) is 0 Å². The largest absolute Gasteiger partial charge is 0.319 e. The quantitative estimate of drug-likeness (QED) is 0.731. The number of aromatic amines is 1. The third kappa shape index (κ3) is 1.57. The van der Waals surface area contributed by atoms with Crippen LogP contribution < -0.4 is 11.3 Å². The van der Waals surface area contributed by atoms with Crippen LogP contribution in [-0.4, -0.2) is 9.97 Å². The molecule has 0 bridgehead atoms. The van der Waals surface area contributed by atoms with E-state index in [-0.39, 0.29) is 17.0 Å². The van der Waals surface area contributed by atoms with Crippen molar-refractivity contribution in [1.82, 2.24) is 9.97 Å². The summed E-state index contributed by atoms with van der Waals surface area (Å²) in [5.41, 5.74) is 6.33. The Labute approximate surface area is 82.6 Å². The molecule has 0 amide bonds. The van der Waals surface area contributed by atoms with Gasteiger partial charge in [0.05, 0.1) is 11.2 Å². The van der Waals surface area contributed by atoms with Gasteiger partial charge in [0.1, 0.15) is 5.82 Å². The highest BCUT2D eigenvalue weighted by Crippen LogP contribution is 2.40. The van der Waals surface area contributed by atoms with Crippen LogP contribution in [0.2, 0.25) is 0 Å². The first-order valence-corrected chi connectivity index (χ1v) is 4.92. The summed E-state index contributed by atoms with van der Waals surface area (Å²) in [6.07, 6.45) is 1.83. The van der Waals surface area contributed by atoms with E-state index in [2.05, 4.69) is 9.97 Å². The van der Waals surface area contributed by atoms with Crippen LogP contribution in [0.1, 0.15) is 44.1 Å². The van der Waals surface area contributed by atoms with Gasteiger partial charge in [-0.15, -0.1) is 0 Å². The third-order valence-electron chi connectivity index (χ3n) is 2.61. The summed E-state index contributed by atoms with van der Waals surface area (Å²) in [6, 6.07) is 1.54. The van der Waals surface area contributed by atoms with Crippen LogP contribution in [-0.2, 0) is 5.54 Å². The molecule has 1 aliphatic carbocycles. The number of nitrogens with zero attached hydrogens (tertiary/aromatic N) is 1. The zero-order valence-electron chi connectivity index (χ0n) is 8.50. The number of nitrogens with two attached hydrogens (primary N) is 1. The van der Waals surface area contributed by atoms with Crippen molar-refractivity contribution in [2.45, 2.75) is 38.1 Å². The summed E-state index contributed by atoms with van der Waals surface area (Å²) in [4.78, 5) is 18.4. The zero-order valence-corrected chi connectivity index (χ0v) is 8.50. The predicted octanol–water partition coefficient (Wildman–Crippen LogP) is 0.841. The van der Waals surface area contributed by atoms with E-state index in [1.807, 2.05) is 13.8 Å². The maximum Gasteiger partial charge on any atom is 0.251 e. The Morgan fingerprint density at radius 1 is 1.57 bits per heavy atom. The molecule has 0 spiro atoms. The molecule has 14 heavy (non-hydrogen) atoms. The lowest BCUT2D eigenvalue weighted by atomic mass is 10.1. The normalized spacial score (nSPS) is 18.6. The molecule has 0 aliphatic heterocycles. The number of nitrogens with one attached hydrogen (secondary N) is 1. The molecular formula is C10H15N3O. The molecule has 76 valence electrons. The van der Waals surface area contributed by atoms with Gasteiger partial charge in [-0.1, -0.05) is 13.8 Å². The van der Waals surface area contributed by atoms with Crippen LogP contribution in [0, 0.1) is 0 Å². The predicted molar refractivity (Wildman–Crippen MR) is 54.0 cm³/mol. The zero-order chi connectivity index (χ0) is 10.3. The number of hydrogen-bond donors (Lipinski definition) is 2. The highest BCUT2D eigenvalue weighted by atomic mass is 16.1. The molecule has 1 aromatic rings. The second-order valence-corrected chi connectivity index (χ2v) is 4.33. The molecule has 0 aromatic carbocycles. The van der Waals surface area contributed by atoms with Gasteiger partial charge in [0.25, 0.3) is 5.56 Å². The van der Waals surface area contributed by atoms with Crippen LogP contribution in [0.5, 0.6) is 0 Å². The van der Waals surface area contributed by atoms with Gasteiger partial charge in [-0.25, -0.2) is 4.98 Å². The fraction of sp³-hybridized carbons (Fsp3) is 0.600. The third-order valence-corrected chi connectivity index (χ3v) is 2.61. The minimum Gasteiger partial charge on any atom is -0.319 e. The molecule has 0 unspecified atom stereocenters. The Hall–Kier alpha value is -1.16. The molecule has 1 aliphatic rings. The van der Waals surface area contributed by atoms with Gasteiger partial charge >= 0.3 is 0 Å². The summed E-state index contributed by atoms with van der Waals surface area (Å²) < 4.78 is 0. The van der Waals surface area contributed by atoms with E-state index in [0.717, 1.165) is 18.5 Å². The lowest BCUT2D eigenvalue weighted by Crippen LogP contribution is -2.26. The van der Waals surface area contributed by atoms with Crippen molar-refractivity contribution in [3.63, 3.8) is 0 Å². The van der Waals surface area contributed by atoms with Crippen molar-refractivity contribution in [3.8, 4) is 0 Å². The molecule has 0 atom stereocenters. The van der Waals surface area contributed by atoms with Crippen molar-refractivity contribution >= 4 is 0 Å². The van der Waals surface area contributed by atoms with Crippen molar-refractivity contribution in [1.29, 1.82) is 0 Å². The summed E-state index contributed by atoms with van der Waals surface area (Å²) in [6.45, 7) is 4.03. The van der Waals surface area contributed by atoms with E-state index >= 15 is 0 Å². The Balaban J connectivity index is 2.47. The smallest absolute Gasteiger partial charge is 0.251 e. The average molecular weight is 193 g/mol. The first kappa shape index (κ1) is 9.40. The molecule has 0 radical (unpaired) electrons. The van der Waals surface area contributed by atoms with Gasteiger partial charge in [0, 0.05) is 6.07 Å². The van der Waals surface area contributed by atoms with Crippen LogP contribution in [0.4, 0.5) is 0 Å². The Kier molecular flexibility index (Phi) is 1.96. The van der Waals surface area contributed by atoms with E-state index in [0.29, 0.717) is 5.82 Å². The second kappa shape index (κ2) is 2.92. The standard InChI is InChI=1S/C10H15N3O/c1-6(2)7-5-8(14)13-9(12-7)10(11)3-4-10/h5-6H,3-4,11H2,1-2H3,(H,12,13,14). The second-order valence-electron chi connectivity index (χ2n) is 4.33. The number of H-pyrrole nitrogens is 1. The van der Waals surface area contributed by atoms with E-state index in [9.17, 15) is 4.79 Å². The van der Waals surface area contributed by atoms with E-state index in [1.54, 1.807) is 6.07 Å². The maximum absolute atomic E-state index is 11.3. The van der Waals surface area contributed by atoms with Crippen molar-refractivity contribution in [3.05, 3.63) is 27.9 Å². The topological polar surface area (TPSA) is 71.8 Å². The van der Waals surface area contributed by atoms with Gasteiger partial charge in [0.2, 0.25) is 0 Å². The van der Waals surface area contributed by atoms with Gasteiger partial charge in [-0.05, 0) is 18.8 Å². The fourth-order valence-corrected chi connectivity index (χ4v) is 1.38. The van der Waals surface area contributed by atoms with Gasteiger partial charge in [0.15, 0.2) is 0 Å². The first-order chi connectivity index (χ1) is 6.51. The van der Waals surface area contributed by atoms with Gasteiger partial charge in [-0.3, -0.25) is 4.79 Å². The average Bonchev–Trinajstić information content (AvgIpc) is 2.84. The van der Waals surface area contributed by atoms with Crippen molar-refractivity contribution in [2.24, 2.45) is 5.73 Å². The summed E-state index contributed by atoms with van der Waals surface area (Å²) in [7, 11) is 0. The molecule has 4 heteroatoms. The molecule has 1 fully saturated rings. The minimum absolute atomic E-state index is 0.101. The van der Waals surface area contributed by atoms with E-state index in [1.165, 1.54) is 0 Å². The maximum atomic E-state index is 11.3. The van der Waals surface area contributed by atoms with Crippen LogP contribution in [0.15, 0.2) is 10.9 Å². The highest BCUT2D eigenvalue weighted by Gasteiger charge is 2.42. The Morgan fingerprint density at radius 3 is 2.71 bits per heavy atom. The minimum atomic E-state index is -0.357. The van der Waals surface area contributed by atoms with E-state index < -0.39 is 0 Å². The SMILES string of the molecule is CC(C)c1cc(=O)[nH]c(C2(N)CC2)n1. The summed E-state index contributed by atoms with van der Waals surface area (Å²) in [5.74, 6) is 0.909. The van der Waals surface area contributed by atoms with Crippen LogP contribution in [0.25, 0.3) is 0 Å². The summed E-state index contributed by atoms with van der Waals surface area (Å²) >= 11 is 0. The molecule has 0 saturated heterocycles. The van der Waals surface area contributed by atoms with Gasteiger partial charge < -0.3 is 10.7 Å². The molecule has 4 nitrogen and oxygen atoms in total. The summed E-state index contributed by atoms with van der Waals surface area (Å²) in [5, 5.41) is 0. The Morgan fingerprint density at radius 2 is 2.21 bits per heavy atom. The Bertz CT molecular complexity index is 404. The lowest BCUT2D eigenvalue weighted by Gasteiger charge is -2.10. The number of hydrogen-bond acceptors (Lipinski definition) is 3. The number of aromatic nitrogens is 2. The van der Waals surface area contributed by atoms with E-state index in [4.69, 9.17) is 5.73 Å². The molecular weight excluding hydrogens is 178 g/mol. The molecule has 1 heterocycles. The number of rotatable bonds is 2. The molecule has 1 saturated carbocycles. The molecule has 1 aromatic heterocycles. The fourth-order valence-electron chi connectivity index (χ4n) is 1.38. The molecule has 2 rings (SSSR count). The lowest BCUT2D eigenvalue weighted by molar-refractivity contribution is 0.648. The molecule has 3 N–H and O–H groups in total. The highest BCUT2D eigenvalue weighted by molar-refractivity contribution is 5.18. The van der Waals surface area contributed by atoms with Crippen molar-refractivity contribution < 1.29 is 0 Å².